The van der Waals surface area contributed by atoms with Crippen LogP contribution in [0.1, 0.15) is 20.3 Å². The van der Waals surface area contributed by atoms with Crippen LogP contribution in [0.25, 0.3) is 0 Å². The smallest absolute Gasteiger partial charge is 0.265 e. The third-order valence-electron chi connectivity index (χ3n) is 1.16. The molecule has 55 valence electrons. The number of hydrogen-bond acceptors (Lipinski definition) is 1. The standard InChI is InChI=1S/C8H12NO/c1-3-5-6-7(4-2)8(9)10/h3,5-6,9H,4H2,1-2H3/b5-3+,7-6+. The Balaban J connectivity index is 4.18. The second kappa shape index (κ2) is 4.79. The molecule has 0 aliphatic heterocycles. The molecule has 0 aromatic rings. The monoisotopic (exact) mass is 138 g/mol. The van der Waals surface area contributed by atoms with E-state index in [1.165, 1.54) is 0 Å². The van der Waals surface area contributed by atoms with Crippen LogP contribution in [0.15, 0.2) is 23.8 Å². The minimum Gasteiger partial charge on any atom is -0.268 e. The van der Waals surface area contributed by atoms with E-state index in [4.69, 9.17) is 5.73 Å². The highest BCUT2D eigenvalue weighted by Crippen LogP contribution is 1.99. The van der Waals surface area contributed by atoms with Gasteiger partial charge >= 0.3 is 0 Å². The molecule has 0 bridgehead atoms. The first-order valence-corrected chi connectivity index (χ1v) is 3.30. The van der Waals surface area contributed by atoms with Gasteiger partial charge in [-0.25, -0.2) is 0 Å². The van der Waals surface area contributed by atoms with Gasteiger partial charge in [0.25, 0.3) is 5.91 Å². The zero-order valence-electron chi connectivity index (χ0n) is 6.35. The molecule has 10 heavy (non-hydrogen) atoms. The first-order chi connectivity index (χ1) is 4.72. The summed E-state index contributed by atoms with van der Waals surface area (Å²) in [4.78, 5) is 10.4. The summed E-state index contributed by atoms with van der Waals surface area (Å²) >= 11 is 0. The molecule has 0 spiro atoms. The van der Waals surface area contributed by atoms with Crippen molar-refractivity contribution >= 4 is 5.91 Å². The fraction of sp³-hybridized carbons (Fsp3) is 0.375. The van der Waals surface area contributed by atoms with Gasteiger partial charge in [-0.3, -0.25) is 10.5 Å². The molecular formula is C8H12NO. The van der Waals surface area contributed by atoms with Crippen LogP contribution in [-0.4, -0.2) is 5.91 Å². The maximum Gasteiger partial charge on any atom is 0.265 e. The Morgan fingerprint density at radius 1 is 1.60 bits per heavy atom. The molecule has 0 aromatic carbocycles. The van der Waals surface area contributed by atoms with Gasteiger partial charge in [-0.1, -0.05) is 25.2 Å². The Hall–Kier alpha value is -1.05. The first kappa shape index (κ1) is 8.95. The molecular weight excluding hydrogens is 126 g/mol. The molecule has 1 radical (unpaired) electrons. The van der Waals surface area contributed by atoms with Crippen molar-refractivity contribution in [3.63, 3.8) is 0 Å². The Morgan fingerprint density at radius 3 is 2.50 bits per heavy atom. The maximum absolute atomic E-state index is 10.4. The summed E-state index contributed by atoms with van der Waals surface area (Å²) in [5.74, 6) is -0.583. The highest BCUT2D eigenvalue weighted by atomic mass is 16.1. The highest BCUT2D eigenvalue weighted by Gasteiger charge is 1.98. The van der Waals surface area contributed by atoms with E-state index in [2.05, 4.69) is 0 Å². The summed E-state index contributed by atoms with van der Waals surface area (Å²) in [5.41, 5.74) is 7.33. The van der Waals surface area contributed by atoms with E-state index in [-0.39, 0.29) is 0 Å². The molecule has 0 fully saturated rings. The molecule has 0 aromatic heterocycles. The Labute approximate surface area is 61.4 Å². The average Bonchev–Trinajstić information content (AvgIpc) is 1.89. The topological polar surface area (TPSA) is 40.9 Å². The Kier molecular flexibility index (Phi) is 4.29. The summed E-state index contributed by atoms with van der Waals surface area (Å²) in [7, 11) is 0. The van der Waals surface area contributed by atoms with Crippen molar-refractivity contribution in [1.82, 2.24) is 5.73 Å². The van der Waals surface area contributed by atoms with Crippen molar-refractivity contribution in [3.8, 4) is 0 Å². The molecule has 0 saturated heterocycles. The van der Waals surface area contributed by atoms with E-state index in [1.807, 2.05) is 19.9 Å². The summed E-state index contributed by atoms with van der Waals surface area (Å²) < 4.78 is 0. The lowest BCUT2D eigenvalue weighted by molar-refractivity contribution is -0.115. The van der Waals surface area contributed by atoms with Gasteiger partial charge < -0.3 is 0 Å². The Morgan fingerprint density at radius 2 is 2.20 bits per heavy atom. The van der Waals surface area contributed by atoms with E-state index >= 15 is 0 Å². The molecule has 2 heteroatoms. The molecule has 1 N–H and O–H groups in total. The van der Waals surface area contributed by atoms with E-state index < -0.39 is 5.91 Å². The summed E-state index contributed by atoms with van der Waals surface area (Å²) in [6.45, 7) is 3.74. The van der Waals surface area contributed by atoms with E-state index in [0.29, 0.717) is 12.0 Å². The number of carbonyl (C=O) groups excluding carboxylic acids is 1. The van der Waals surface area contributed by atoms with Crippen LogP contribution in [0.5, 0.6) is 0 Å². The van der Waals surface area contributed by atoms with Crippen molar-refractivity contribution in [3.05, 3.63) is 23.8 Å². The van der Waals surface area contributed by atoms with E-state index in [9.17, 15) is 4.79 Å². The molecule has 0 atom stereocenters. The predicted molar refractivity (Wildman–Crippen MR) is 41.3 cm³/mol. The summed E-state index contributed by atoms with van der Waals surface area (Å²) in [6, 6.07) is 0. The average molecular weight is 138 g/mol. The minimum absolute atomic E-state index is 0.554. The van der Waals surface area contributed by atoms with Crippen LogP contribution in [-0.2, 0) is 4.79 Å². The van der Waals surface area contributed by atoms with Crippen LogP contribution in [0, 0.1) is 0 Å². The molecule has 0 rings (SSSR count). The van der Waals surface area contributed by atoms with Crippen molar-refractivity contribution in [1.29, 1.82) is 0 Å². The van der Waals surface area contributed by atoms with Crippen molar-refractivity contribution in [2.45, 2.75) is 20.3 Å². The zero-order valence-corrected chi connectivity index (χ0v) is 6.35. The third-order valence-corrected chi connectivity index (χ3v) is 1.16. The largest absolute Gasteiger partial charge is 0.268 e. The van der Waals surface area contributed by atoms with E-state index in [1.54, 1.807) is 12.2 Å². The van der Waals surface area contributed by atoms with Crippen LogP contribution in [0.3, 0.4) is 0 Å². The van der Waals surface area contributed by atoms with Gasteiger partial charge in [-0.15, -0.1) is 0 Å². The lowest BCUT2D eigenvalue weighted by atomic mass is 10.2. The van der Waals surface area contributed by atoms with Gasteiger partial charge in [0.05, 0.1) is 0 Å². The van der Waals surface area contributed by atoms with Crippen LogP contribution >= 0.6 is 0 Å². The van der Waals surface area contributed by atoms with Crippen molar-refractivity contribution in [2.75, 3.05) is 0 Å². The highest BCUT2D eigenvalue weighted by molar-refractivity contribution is 5.91. The molecule has 0 heterocycles. The van der Waals surface area contributed by atoms with Crippen LogP contribution < -0.4 is 5.73 Å². The van der Waals surface area contributed by atoms with Gasteiger partial charge in [0, 0.05) is 5.57 Å². The minimum atomic E-state index is -0.583. The number of allylic oxidation sites excluding steroid dienone is 3. The molecule has 1 amide bonds. The van der Waals surface area contributed by atoms with Crippen LogP contribution in [0.2, 0.25) is 0 Å². The number of nitrogens with one attached hydrogen (secondary N) is 1. The Bertz CT molecular complexity index is 168. The fourth-order valence-electron chi connectivity index (χ4n) is 0.566. The number of amides is 1. The van der Waals surface area contributed by atoms with Gasteiger partial charge in [0.1, 0.15) is 0 Å². The van der Waals surface area contributed by atoms with Crippen molar-refractivity contribution in [2.24, 2.45) is 0 Å². The van der Waals surface area contributed by atoms with Gasteiger partial charge in [0.2, 0.25) is 0 Å². The second-order valence-corrected chi connectivity index (χ2v) is 1.90. The molecule has 2 nitrogen and oxygen atoms in total. The number of rotatable bonds is 3. The third kappa shape index (κ3) is 3.07. The quantitative estimate of drug-likeness (QED) is 0.432. The van der Waals surface area contributed by atoms with Crippen LogP contribution in [0.4, 0.5) is 0 Å². The number of hydrogen-bond donors (Lipinski definition) is 0. The second-order valence-electron chi connectivity index (χ2n) is 1.90. The van der Waals surface area contributed by atoms with Gasteiger partial charge in [0.15, 0.2) is 0 Å². The summed E-state index contributed by atoms with van der Waals surface area (Å²) in [5, 5.41) is 0. The maximum atomic E-state index is 10.4. The lowest BCUT2D eigenvalue weighted by Crippen LogP contribution is -2.00. The fourth-order valence-corrected chi connectivity index (χ4v) is 0.566. The van der Waals surface area contributed by atoms with Crippen molar-refractivity contribution < 1.29 is 4.79 Å². The van der Waals surface area contributed by atoms with Gasteiger partial charge in [-0.2, -0.15) is 0 Å². The predicted octanol–water partition coefficient (Wildman–Crippen LogP) is 1.71. The van der Waals surface area contributed by atoms with E-state index in [0.717, 1.165) is 0 Å². The van der Waals surface area contributed by atoms with Gasteiger partial charge in [-0.05, 0) is 13.3 Å². The molecule has 0 aliphatic rings. The lowest BCUT2D eigenvalue weighted by Gasteiger charge is -1.92. The summed E-state index contributed by atoms with van der Waals surface area (Å²) in [6.07, 6.45) is 5.91. The molecule has 0 aliphatic carbocycles. The molecule has 0 saturated carbocycles. The zero-order chi connectivity index (χ0) is 7.98. The number of carbonyl (C=O) groups is 1. The SMILES string of the molecule is C/C=C/C=C(\CC)C([NH])=O. The first-order valence-electron chi connectivity index (χ1n) is 3.30. The normalized spacial score (nSPS) is 12.4. The molecule has 0 unspecified atom stereocenters.